The van der Waals surface area contributed by atoms with Gasteiger partial charge in [-0.2, -0.15) is 0 Å². The van der Waals surface area contributed by atoms with Crippen LogP contribution < -0.4 is 28.0 Å². The number of carbonyl (C=O) groups is 2. The summed E-state index contributed by atoms with van der Waals surface area (Å²) in [6, 6.07) is 13.5. The van der Waals surface area contributed by atoms with Crippen LogP contribution in [0.25, 0.3) is 0 Å². The molecule has 0 fully saturated rings. The van der Waals surface area contributed by atoms with Gasteiger partial charge in [0.2, 0.25) is 5.91 Å². The fourth-order valence-corrected chi connectivity index (χ4v) is 3.54. The maximum Gasteiger partial charge on any atom is 0.332 e. The highest BCUT2D eigenvalue weighted by Crippen LogP contribution is 2.20. The quantitative estimate of drug-likeness (QED) is 0.441. The lowest BCUT2D eigenvalue weighted by atomic mass is 10.1. The van der Waals surface area contributed by atoms with Crippen LogP contribution in [0.1, 0.15) is 33.2 Å². The van der Waals surface area contributed by atoms with Gasteiger partial charge in [0.05, 0.1) is 23.7 Å². The minimum absolute atomic E-state index is 0.0879. The average molecular weight is 456 g/mol. The average Bonchev–Trinajstić information content (AvgIpc) is 2.76. The summed E-state index contributed by atoms with van der Waals surface area (Å²) < 4.78 is 2.19. The molecule has 0 atom stereocenters. The van der Waals surface area contributed by atoms with E-state index in [2.05, 4.69) is 5.32 Å². The maximum atomic E-state index is 12.9. The van der Waals surface area contributed by atoms with Crippen molar-refractivity contribution in [2.75, 3.05) is 17.6 Å². The zero-order valence-corrected chi connectivity index (χ0v) is 18.1. The summed E-state index contributed by atoms with van der Waals surface area (Å²) in [5, 5.41) is 2.97. The molecule has 166 valence electrons. The van der Waals surface area contributed by atoms with Crippen LogP contribution >= 0.6 is 11.6 Å². The molecule has 0 bridgehead atoms. The Kier molecular flexibility index (Phi) is 6.79. The van der Waals surface area contributed by atoms with Crippen LogP contribution in [0.5, 0.6) is 0 Å². The highest BCUT2D eigenvalue weighted by atomic mass is 35.5. The van der Waals surface area contributed by atoms with Crippen LogP contribution in [0.15, 0.2) is 58.1 Å². The number of hydrogen-bond donors (Lipinski definition) is 3. The Bertz CT molecular complexity index is 1300. The molecule has 32 heavy (non-hydrogen) atoms. The van der Waals surface area contributed by atoms with E-state index >= 15 is 0 Å². The van der Waals surface area contributed by atoms with E-state index < -0.39 is 22.9 Å². The number of nitrogens with one attached hydrogen (secondary N) is 1. The van der Waals surface area contributed by atoms with Crippen molar-refractivity contribution in [2.45, 2.75) is 20.0 Å². The monoisotopic (exact) mass is 455 g/mol. The molecule has 10 heteroatoms. The highest BCUT2D eigenvalue weighted by Gasteiger charge is 2.22. The van der Waals surface area contributed by atoms with Gasteiger partial charge < -0.3 is 16.8 Å². The van der Waals surface area contributed by atoms with Gasteiger partial charge in [-0.15, -0.1) is 0 Å². The number of rotatable bonds is 8. The molecule has 0 radical (unpaired) electrons. The number of aromatic nitrogens is 2. The van der Waals surface area contributed by atoms with E-state index in [1.54, 1.807) is 6.92 Å². The Morgan fingerprint density at radius 2 is 1.75 bits per heavy atom. The molecule has 9 nitrogen and oxygen atoms in total. The molecule has 0 unspecified atom stereocenters. The molecule has 0 aliphatic carbocycles. The van der Waals surface area contributed by atoms with E-state index in [4.69, 9.17) is 23.1 Å². The maximum absolute atomic E-state index is 12.9. The number of amides is 1. The van der Waals surface area contributed by atoms with Gasteiger partial charge in [-0.3, -0.25) is 23.5 Å². The third-order valence-corrected chi connectivity index (χ3v) is 5.25. The second-order valence-electron chi connectivity index (χ2n) is 7.00. The molecule has 1 heterocycles. The normalized spacial score (nSPS) is 10.7. The molecule has 0 saturated carbocycles. The Morgan fingerprint density at radius 3 is 2.34 bits per heavy atom. The molecular weight excluding hydrogens is 434 g/mol. The van der Waals surface area contributed by atoms with Gasteiger partial charge in [0.15, 0.2) is 5.78 Å². The van der Waals surface area contributed by atoms with Gasteiger partial charge in [0.1, 0.15) is 11.4 Å². The van der Waals surface area contributed by atoms with Crippen LogP contribution in [0, 0.1) is 0 Å². The summed E-state index contributed by atoms with van der Waals surface area (Å²) in [6.07, 6.45) is 0. The molecular formula is C22H22ClN5O4. The minimum Gasteiger partial charge on any atom is -0.384 e. The lowest BCUT2D eigenvalue weighted by Crippen LogP contribution is -2.44. The second-order valence-corrected chi connectivity index (χ2v) is 7.41. The molecule has 0 spiro atoms. The summed E-state index contributed by atoms with van der Waals surface area (Å²) in [6.45, 7) is 1.56. The number of carbonyl (C=O) groups excluding carboxylic acids is 2. The van der Waals surface area contributed by atoms with E-state index in [1.165, 1.54) is 22.8 Å². The predicted octanol–water partition coefficient (Wildman–Crippen LogP) is 1.71. The van der Waals surface area contributed by atoms with Gasteiger partial charge in [-0.05, 0) is 30.7 Å². The van der Waals surface area contributed by atoms with E-state index in [-0.39, 0.29) is 41.6 Å². The number of nitrogens with two attached hydrogens (primary N) is 2. The number of benzene rings is 2. The third kappa shape index (κ3) is 4.57. The molecule has 1 amide bonds. The first kappa shape index (κ1) is 22.8. The molecule has 0 aliphatic rings. The standard InChI is InChI=1S/C22H22ClN5O4/c1-2-27-21(31)18(19(24)28(22(27)32)12-13-6-4-3-5-7-13)17(29)11-26-14-8-9-15(20(25)30)16(23)10-14/h3-10,26H,2,11-12,24H2,1H3,(H2,25,30). The Labute approximate surface area is 188 Å². The summed E-state index contributed by atoms with van der Waals surface area (Å²) >= 11 is 6.02. The highest BCUT2D eigenvalue weighted by molar-refractivity contribution is 6.34. The van der Waals surface area contributed by atoms with Crippen molar-refractivity contribution in [1.29, 1.82) is 0 Å². The van der Waals surface area contributed by atoms with Gasteiger partial charge in [-0.1, -0.05) is 41.9 Å². The van der Waals surface area contributed by atoms with Crippen LogP contribution in [0.4, 0.5) is 11.5 Å². The first-order chi connectivity index (χ1) is 15.2. The Balaban J connectivity index is 1.94. The molecule has 1 aromatic heterocycles. The lowest BCUT2D eigenvalue weighted by Gasteiger charge is -2.16. The zero-order valence-electron chi connectivity index (χ0n) is 17.3. The molecule has 0 aliphatic heterocycles. The Morgan fingerprint density at radius 1 is 1.06 bits per heavy atom. The van der Waals surface area contributed by atoms with Gasteiger partial charge in [0.25, 0.3) is 5.56 Å². The number of primary amides is 1. The third-order valence-electron chi connectivity index (χ3n) is 4.93. The van der Waals surface area contributed by atoms with Crippen molar-refractivity contribution in [3.8, 4) is 0 Å². The number of anilines is 2. The van der Waals surface area contributed by atoms with Gasteiger partial charge >= 0.3 is 5.69 Å². The van der Waals surface area contributed by atoms with Crippen molar-refractivity contribution < 1.29 is 9.59 Å². The fourth-order valence-electron chi connectivity index (χ4n) is 3.27. The number of ketones is 1. The van der Waals surface area contributed by atoms with Crippen LogP contribution in [0.2, 0.25) is 5.02 Å². The molecule has 2 aromatic carbocycles. The van der Waals surface area contributed by atoms with Crippen molar-refractivity contribution in [3.05, 3.63) is 91.1 Å². The molecule has 5 N–H and O–H groups in total. The summed E-state index contributed by atoms with van der Waals surface area (Å²) in [5.41, 5.74) is 11.1. The number of nitrogen functional groups attached to an aromatic ring is 1. The summed E-state index contributed by atoms with van der Waals surface area (Å²) in [4.78, 5) is 49.8. The largest absolute Gasteiger partial charge is 0.384 e. The number of hydrogen-bond acceptors (Lipinski definition) is 6. The first-order valence-corrected chi connectivity index (χ1v) is 10.2. The van der Waals surface area contributed by atoms with Crippen molar-refractivity contribution in [3.63, 3.8) is 0 Å². The number of halogens is 1. The van der Waals surface area contributed by atoms with Crippen molar-refractivity contribution in [1.82, 2.24) is 9.13 Å². The number of nitrogens with zero attached hydrogens (tertiary/aromatic N) is 2. The van der Waals surface area contributed by atoms with Crippen molar-refractivity contribution in [2.24, 2.45) is 5.73 Å². The lowest BCUT2D eigenvalue weighted by molar-refractivity contribution is 0.0993. The Hall–Kier alpha value is -3.85. The topological polar surface area (TPSA) is 142 Å². The molecule has 0 saturated heterocycles. The van der Waals surface area contributed by atoms with Crippen molar-refractivity contribution >= 4 is 34.8 Å². The molecule has 3 aromatic rings. The predicted molar refractivity (Wildman–Crippen MR) is 123 cm³/mol. The van der Waals surface area contributed by atoms with E-state index in [9.17, 15) is 19.2 Å². The van der Waals surface area contributed by atoms with Gasteiger partial charge in [0, 0.05) is 12.2 Å². The number of Topliss-reactive ketones (excluding diaryl/α,β-unsaturated/α-hetero) is 1. The van der Waals surface area contributed by atoms with Crippen LogP contribution in [-0.4, -0.2) is 27.4 Å². The van der Waals surface area contributed by atoms with E-state index in [1.807, 2.05) is 30.3 Å². The SMILES string of the molecule is CCn1c(=O)c(C(=O)CNc2ccc(C(N)=O)c(Cl)c2)c(N)n(Cc2ccccc2)c1=O. The fraction of sp³-hybridized carbons (Fsp3) is 0.182. The second kappa shape index (κ2) is 9.52. The van der Waals surface area contributed by atoms with E-state index in [0.717, 1.165) is 10.1 Å². The van der Waals surface area contributed by atoms with E-state index in [0.29, 0.717) is 5.69 Å². The smallest absolute Gasteiger partial charge is 0.332 e. The first-order valence-electron chi connectivity index (χ1n) is 9.78. The van der Waals surface area contributed by atoms with Gasteiger partial charge in [-0.25, -0.2) is 4.79 Å². The molecule has 3 rings (SSSR count). The summed E-state index contributed by atoms with van der Waals surface area (Å²) in [5.74, 6) is -1.46. The summed E-state index contributed by atoms with van der Waals surface area (Å²) in [7, 11) is 0. The minimum atomic E-state index is -0.742. The van der Waals surface area contributed by atoms with Crippen LogP contribution in [0.3, 0.4) is 0 Å². The zero-order chi connectivity index (χ0) is 23.4. The van der Waals surface area contributed by atoms with Crippen LogP contribution in [-0.2, 0) is 13.1 Å².